The Bertz CT molecular complexity index is 820. The van der Waals surface area contributed by atoms with Gasteiger partial charge in [-0.3, -0.25) is 10.2 Å². The summed E-state index contributed by atoms with van der Waals surface area (Å²) in [7, 11) is -1.58. The molecule has 0 spiro atoms. The summed E-state index contributed by atoms with van der Waals surface area (Å²) in [5.41, 5.74) is 3.13. The number of rotatable bonds is 4. The average Bonchev–Trinajstić information content (AvgIpc) is 2.69. The van der Waals surface area contributed by atoms with Crippen molar-refractivity contribution in [3.8, 4) is 6.07 Å². The van der Waals surface area contributed by atoms with Crippen molar-refractivity contribution in [1.29, 1.82) is 5.26 Å². The lowest BCUT2D eigenvalue weighted by atomic mass is 9.97. The fourth-order valence-electron chi connectivity index (χ4n) is 3.53. The summed E-state index contributed by atoms with van der Waals surface area (Å²) < 4.78 is 27.1. The number of hydrogen-bond acceptors (Lipinski definition) is 5. The molecule has 0 saturated carbocycles. The Morgan fingerprint density at radius 1 is 1.19 bits per heavy atom. The third kappa shape index (κ3) is 4.47. The SMILES string of the molecule is C[NH+]1CCN(NC(=O)C2CCN(S(=O)(=O)c3ccccc3C#N)CC2)CC1. The Labute approximate surface area is 160 Å². The molecular weight excluding hydrogens is 366 g/mol. The van der Waals surface area contributed by atoms with Crippen LogP contribution in [-0.4, -0.2) is 70.0 Å². The van der Waals surface area contributed by atoms with Crippen molar-refractivity contribution >= 4 is 15.9 Å². The Hall–Kier alpha value is -1.99. The van der Waals surface area contributed by atoms with Crippen molar-refractivity contribution in [2.45, 2.75) is 17.7 Å². The van der Waals surface area contributed by atoms with Gasteiger partial charge < -0.3 is 4.90 Å². The molecule has 8 nitrogen and oxygen atoms in total. The van der Waals surface area contributed by atoms with Crippen LogP contribution in [0.4, 0.5) is 0 Å². The van der Waals surface area contributed by atoms with Crippen LogP contribution in [0.25, 0.3) is 0 Å². The number of hydrazine groups is 1. The molecule has 2 aliphatic rings. The van der Waals surface area contributed by atoms with E-state index < -0.39 is 10.0 Å². The van der Waals surface area contributed by atoms with Gasteiger partial charge in [0.05, 0.1) is 43.7 Å². The van der Waals surface area contributed by atoms with Gasteiger partial charge in [0.2, 0.25) is 15.9 Å². The van der Waals surface area contributed by atoms with Crippen LogP contribution in [0.15, 0.2) is 29.2 Å². The van der Waals surface area contributed by atoms with Gasteiger partial charge in [-0.05, 0) is 25.0 Å². The summed E-state index contributed by atoms with van der Waals surface area (Å²) >= 11 is 0. The summed E-state index contributed by atoms with van der Waals surface area (Å²) in [6.07, 6.45) is 0.970. The van der Waals surface area contributed by atoms with Crippen LogP contribution in [-0.2, 0) is 14.8 Å². The van der Waals surface area contributed by atoms with E-state index in [4.69, 9.17) is 0 Å². The number of likely N-dealkylation sites (N-methyl/N-ethyl adjacent to an activating group) is 1. The van der Waals surface area contributed by atoms with Gasteiger partial charge in [-0.1, -0.05) is 12.1 Å². The number of nitrogens with zero attached hydrogens (tertiary/aromatic N) is 3. The minimum absolute atomic E-state index is 0.0240. The van der Waals surface area contributed by atoms with Gasteiger partial charge >= 0.3 is 0 Å². The maximum atomic E-state index is 12.9. The fourth-order valence-corrected chi connectivity index (χ4v) is 5.14. The van der Waals surface area contributed by atoms with Crippen molar-refractivity contribution in [2.24, 2.45) is 5.92 Å². The zero-order chi connectivity index (χ0) is 19.4. The highest BCUT2D eigenvalue weighted by Crippen LogP contribution is 2.25. The number of benzene rings is 1. The van der Waals surface area contributed by atoms with Crippen LogP contribution >= 0.6 is 0 Å². The van der Waals surface area contributed by atoms with E-state index in [-0.39, 0.29) is 35.4 Å². The topological polar surface area (TPSA) is 97.9 Å². The van der Waals surface area contributed by atoms with E-state index in [2.05, 4.69) is 12.5 Å². The molecule has 9 heteroatoms. The van der Waals surface area contributed by atoms with Crippen LogP contribution in [0.3, 0.4) is 0 Å². The molecule has 2 saturated heterocycles. The molecule has 1 aromatic rings. The van der Waals surface area contributed by atoms with Crippen LogP contribution in [0, 0.1) is 17.2 Å². The Balaban J connectivity index is 1.58. The Morgan fingerprint density at radius 2 is 1.81 bits per heavy atom. The molecule has 1 aromatic carbocycles. The molecule has 3 rings (SSSR count). The summed E-state index contributed by atoms with van der Waals surface area (Å²) in [5.74, 6) is -0.210. The molecule has 0 unspecified atom stereocenters. The molecule has 0 radical (unpaired) electrons. The standard InChI is InChI=1S/C18H25N5O3S/c1-21-10-12-22(13-11-21)20-18(24)15-6-8-23(9-7-15)27(25,26)17-5-3-2-4-16(17)14-19/h2-5,15H,6-13H2,1H3,(H,20,24)/p+1. The third-order valence-electron chi connectivity index (χ3n) is 5.34. The first-order valence-electron chi connectivity index (χ1n) is 9.28. The predicted molar refractivity (Wildman–Crippen MR) is 99.0 cm³/mol. The smallest absolute Gasteiger partial charge is 0.244 e. The third-order valence-corrected chi connectivity index (χ3v) is 7.29. The molecule has 0 bridgehead atoms. The second kappa shape index (κ2) is 8.35. The average molecular weight is 393 g/mol. The monoisotopic (exact) mass is 392 g/mol. The molecule has 27 heavy (non-hydrogen) atoms. The second-order valence-electron chi connectivity index (χ2n) is 7.21. The van der Waals surface area contributed by atoms with Gasteiger partial charge in [-0.15, -0.1) is 0 Å². The van der Waals surface area contributed by atoms with E-state index in [1.807, 2.05) is 11.1 Å². The number of carbonyl (C=O) groups is 1. The lowest BCUT2D eigenvalue weighted by Crippen LogP contribution is -3.12. The van der Waals surface area contributed by atoms with Gasteiger partial charge in [0.15, 0.2) is 0 Å². The maximum absolute atomic E-state index is 12.9. The highest BCUT2D eigenvalue weighted by Gasteiger charge is 2.34. The van der Waals surface area contributed by atoms with E-state index >= 15 is 0 Å². The van der Waals surface area contributed by atoms with Crippen molar-refractivity contribution in [3.63, 3.8) is 0 Å². The molecule has 1 amide bonds. The van der Waals surface area contributed by atoms with Gasteiger partial charge in [0.1, 0.15) is 6.07 Å². The molecule has 2 heterocycles. The second-order valence-corrected chi connectivity index (χ2v) is 9.11. The number of amides is 1. The lowest BCUT2D eigenvalue weighted by molar-refractivity contribution is -0.884. The van der Waals surface area contributed by atoms with E-state index in [0.717, 1.165) is 26.2 Å². The van der Waals surface area contributed by atoms with E-state index in [9.17, 15) is 18.5 Å². The van der Waals surface area contributed by atoms with Crippen molar-refractivity contribution in [1.82, 2.24) is 14.7 Å². The van der Waals surface area contributed by atoms with Gasteiger partial charge in [0, 0.05) is 19.0 Å². The minimum atomic E-state index is -3.72. The first-order valence-corrected chi connectivity index (χ1v) is 10.7. The number of hydrogen-bond donors (Lipinski definition) is 2. The number of piperazine rings is 1. The van der Waals surface area contributed by atoms with Crippen molar-refractivity contribution in [3.05, 3.63) is 29.8 Å². The lowest BCUT2D eigenvalue weighted by Gasteiger charge is -2.34. The quantitative estimate of drug-likeness (QED) is 0.672. The number of carbonyl (C=O) groups excluding carboxylic acids is 1. The van der Waals surface area contributed by atoms with E-state index in [0.29, 0.717) is 12.8 Å². The van der Waals surface area contributed by atoms with E-state index in [1.165, 1.54) is 21.3 Å². The number of sulfonamides is 1. The molecular formula is C18H26N5O3S+. The number of nitriles is 1. The molecule has 0 aliphatic carbocycles. The number of nitrogens with one attached hydrogen (secondary N) is 2. The first kappa shape index (κ1) is 19.8. The fraction of sp³-hybridized carbons (Fsp3) is 0.556. The first-order chi connectivity index (χ1) is 12.9. The molecule has 2 aliphatic heterocycles. The van der Waals surface area contributed by atoms with Crippen LogP contribution in [0.1, 0.15) is 18.4 Å². The normalized spacial score (nSPS) is 20.9. The Morgan fingerprint density at radius 3 is 2.44 bits per heavy atom. The summed E-state index contributed by atoms with van der Waals surface area (Å²) in [6, 6.07) is 8.17. The Kier molecular flexibility index (Phi) is 6.11. The number of quaternary nitrogens is 1. The van der Waals surface area contributed by atoms with Gasteiger partial charge in [-0.25, -0.2) is 13.4 Å². The summed E-state index contributed by atoms with van der Waals surface area (Å²) in [5, 5.41) is 11.1. The maximum Gasteiger partial charge on any atom is 0.244 e. The zero-order valence-corrected chi connectivity index (χ0v) is 16.3. The van der Waals surface area contributed by atoms with Crippen molar-refractivity contribution < 1.29 is 18.1 Å². The van der Waals surface area contributed by atoms with Crippen LogP contribution in [0.5, 0.6) is 0 Å². The summed E-state index contributed by atoms with van der Waals surface area (Å²) in [6.45, 7) is 4.22. The van der Waals surface area contributed by atoms with Crippen LogP contribution < -0.4 is 10.3 Å². The minimum Gasteiger partial charge on any atom is -0.335 e. The molecule has 2 N–H and O–H groups in total. The predicted octanol–water partition coefficient (Wildman–Crippen LogP) is -1.18. The van der Waals surface area contributed by atoms with Gasteiger partial charge in [-0.2, -0.15) is 9.57 Å². The van der Waals surface area contributed by atoms with Gasteiger partial charge in [0.25, 0.3) is 0 Å². The summed E-state index contributed by atoms with van der Waals surface area (Å²) in [4.78, 5) is 14.0. The highest BCUT2D eigenvalue weighted by atomic mass is 32.2. The number of piperidine rings is 1. The molecule has 146 valence electrons. The largest absolute Gasteiger partial charge is 0.335 e. The molecule has 0 aromatic heterocycles. The van der Waals surface area contributed by atoms with Crippen molar-refractivity contribution in [2.75, 3.05) is 46.3 Å². The zero-order valence-electron chi connectivity index (χ0n) is 15.5. The highest BCUT2D eigenvalue weighted by molar-refractivity contribution is 7.89. The molecule has 0 atom stereocenters. The van der Waals surface area contributed by atoms with Crippen LogP contribution in [0.2, 0.25) is 0 Å². The van der Waals surface area contributed by atoms with E-state index in [1.54, 1.807) is 12.1 Å². The molecule has 2 fully saturated rings.